The first kappa shape index (κ1) is 18.0. The van der Waals surface area contributed by atoms with Crippen LogP contribution in [0.3, 0.4) is 0 Å². The van der Waals surface area contributed by atoms with Crippen molar-refractivity contribution in [3.8, 4) is 0 Å². The third kappa shape index (κ3) is 3.69. The summed E-state index contributed by atoms with van der Waals surface area (Å²) in [6, 6.07) is 18.1. The number of nitrogens with zero attached hydrogens (tertiary/aromatic N) is 1. The predicted molar refractivity (Wildman–Crippen MR) is 106 cm³/mol. The largest absolute Gasteiger partial charge is 0.467 e. The highest BCUT2D eigenvalue weighted by molar-refractivity contribution is 5.86. The van der Waals surface area contributed by atoms with Crippen LogP contribution in [0.25, 0.3) is 10.9 Å². The standard InChI is InChI=1S/C23H21FN2O2/c1-26-15-21(19-6-2-3-7-22(19)26)20(16-8-10-17(24)11-9-16)13-23(27)25-14-18-5-4-12-28-18/h2-12,15,20H,13-14H2,1H3,(H,25,27). The van der Waals surface area contributed by atoms with Crippen molar-refractivity contribution >= 4 is 16.8 Å². The molecule has 0 fully saturated rings. The SMILES string of the molecule is Cn1cc(C(CC(=O)NCc2ccco2)c2ccc(F)cc2)c2ccccc21. The van der Waals surface area contributed by atoms with E-state index in [-0.39, 0.29) is 24.1 Å². The first-order valence-corrected chi connectivity index (χ1v) is 9.20. The number of aryl methyl sites for hydroxylation is 1. The molecule has 2 aromatic carbocycles. The molecule has 5 heteroatoms. The first-order valence-electron chi connectivity index (χ1n) is 9.20. The molecule has 1 N–H and O–H groups in total. The Balaban J connectivity index is 1.65. The van der Waals surface area contributed by atoms with Gasteiger partial charge in [0.1, 0.15) is 11.6 Å². The van der Waals surface area contributed by atoms with Crippen molar-refractivity contribution in [2.24, 2.45) is 7.05 Å². The monoisotopic (exact) mass is 376 g/mol. The zero-order valence-electron chi connectivity index (χ0n) is 15.6. The topological polar surface area (TPSA) is 47.2 Å². The lowest BCUT2D eigenvalue weighted by atomic mass is 9.88. The van der Waals surface area contributed by atoms with Crippen LogP contribution in [0.1, 0.15) is 29.2 Å². The summed E-state index contributed by atoms with van der Waals surface area (Å²) in [4.78, 5) is 12.7. The van der Waals surface area contributed by atoms with Crippen molar-refractivity contribution in [1.29, 1.82) is 0 Å². The Morgan fingerprint density at radius 3 is 2.64 bits per heavy atom. The summed E-state index contributed by atoms with van der Waals surface area (Å²) >= 11 is 0. The highest BCUT2D eigenvalue weighted by Gasteiger charge is 2.22. The van der Waals surface area contributed by atoms with Crippen molar-refractivity contribution in [2.75, 3.05) is 0 Å². The van der Waals surface area contributed by atoms with E-state index in [1.54, 1.807) is 24.5 Å². The number of hydrogen-bond donors (Lipinski definition) is 1. The van der Waals surface area contributed by atoms with Crippen LogP contribution in [-0.4, -0.2) is 10.5 Å². The van der Waals surface area contributed by atoms with Crippen LogP contribution >= 0.6 is 0 Å². The Labute approximate surface area is 162 Å². The lowest BCUT2D eigenvalue weighted by molar-refractivity contribution is -0.121. The van der Waals surface area contributed by atoms with Crippen LogP contribution in [0.5, 0.6) is 0 Å². The quantitative estimate of drug-likeness (QED) is 0.528. The fourth-order valence-corrected chi connectivity index (χ4v) is 3.61. The van der Waals surface area contributed by atoms with Crippen LogP contribution in [0.2, 0.25) is 0 Å². The Morgan fingerprint density at radius 1 is 1.11 bits per heavy atom. The molecule has 0 aliphatic heterocycles. The van der Waals surface area contributed by atoms with E-state index in [0.717, 1.165) is 22.0 Å². The highest BCUT2D eigenvalue weighted by Crippen LogP contribution is 2.34. The summed E-state index contributed by atoms with van der Waals surface area (Å²) in [7, 11) is 1.99. The van der Waals surface area contributed by atoms with Crippen LogP contribution in [0.4, 0.5) is 4.39 Å². The van der Waals surface area contributed by atoms with Crippen molar-refractivity contribution < 1.29 is 13.6 Å². The van der Waals surface area contributed by atoms with Crippen molar-refractivity contribution in [2.45, 2.75) is 18.9 Å². The van der Waals surface area contributed by atoms with Gasteiger partial charge in [0.2, 0.25) is 5.91 Å². The highest BCUT2D eigenvalue weighted by atomic mass is 19.1. The fourth-order valence-electron chi connectivity index (χ4n) is 3.61. The maximum Gasteiger partial charge on any atom is 0.221 e. The molecule has 4 nitrogen and oxygen atoms in total. The van der Waals surface area contributed by atoms with E-state index < -0.39 is 0 Å². The second-order valence-corrected chi connectivity index (χ2v) is 6.88. The molecule has 4 rings (SSSR count). The molecule has 0 radical (unpaired) electrons. The summed E-state index contributed by atoms with van der Waals surface area (Å²) in [5, 5.41) is 4.00. The molecule has 1 unspecified atom stereocenters. The van der Waals surface area contributed by atoms with Gasteiger partial charge in [-0.15, -0.1) is 0 Å². The number of aromatic nitrogens is 1. The molecule has 0 spiro atoms. The van der Waals surface area contributed by atoms with E-state index in [9.17, 15) is 9.18 Å². The molecule has 0 bridgehead atoms. The number of carbonyl (C=O) groups is 1. The third-order valence-corrected chi connectivity index (χ3v) is 5.00. The van der Waals surface area contributed by atoms with Crippen LogP contribution in [-0.2, 0) is 18.4 Å². The van der Waals surface area contributed by atoms with Gasteiger partial charge in [-0.05, 0) is 41.5 Å². The van der Waals surface area contributed by atoms with Gasteiger partial charge in [-0.2, -0.15) is 0 Å². The van der Waals surface area contributed by atoms with Gasteiger partial charge in [0.25, 0.3) is 0 Å². The van der Waals surface area contributed by atoms with Crippen LogP contribution in [0.15, 0.2) is 77.5 Å². The molecule has 0 aliphatic carbocycles. The number of rotatable bonds is 6. The molecule has 1 atom stereocenters. The van der Waals surface area contributed by atoms with E-state index in [2.05, 4.69) is 28.2 Å². The summed E-state index contributed by atoms with van der Waals surface area (Å²) < 4.78 is 20.8. The number of nitrogens with one attached hydrogen (secondary N) is 1. The maximum atomic E-state index is 13.5. The van der Waals surface area contributed by atoms with Crippen LogP contribution in [0, 0.1) is 5.82 Å². The van der Waals surface area contributed by atoms with Crippen molar-refractivity contribution in [1.82, 2.24) is 9.88 Å². The molecule has 0 saturated carbocycles. The lowest BCUT2D eigenvalue weighted by Crippen LogP contribution is -2.24. The maximum absolute atomic E-state index is 13.5. The molecule has 2 heterocycles. The molecule has 0 aliphatic rings. The molecule has 28 heavy (non-hydrogen) atoms. The number of fused-ring (bicyclic) bond motifs is 1. The van der Waals surface area contributed by atoms with Gasteiger partial charge in [-0.3, -0.25) is 4.79 Å². The third-order valence-electron chi connectivity index (χ3n) is 5.00. The second-order valence-electron chi connectivity index (χ2n) is 6.88. The zero-order valence-corrected chi connectivity index (χ0v) is 15.6. The van der Waals surface area contributed by atoms with E-state index in [1.807, 2.05) is 25.2 Å². The van der Waals surface area contributed by atoms with Gasteiger partial charge in [0.15, 0.2) is 0 Å². The normalized spacial score (nSPS) is 12.2. The van der Waals surface area contributed by atoms with E-state index in [4.69, 9.17) is 4.42 Å². The molecular formula is C23H21FN2O2. The number of carbonyl (C=O) groups excluding carboxylic acids is 1. The van der Waals surface area contributed by atoms with Gasteiger partial charge in [0, 0.05) is 36.5 Å². The second kappa shape index (κ2) is 7.72. The minimum Gasteiger partial charge on any atom is -0.467 e. The number of benzene rings is 2. The number of furan rings is 1. The summed E-state index contributed by atoms with van der Waals surface area (Å²) in [6.07, 6.45) is 3.90. The molecule has 4 aromatic rings. The molecule has 0 saturated heterocycles. The first-order chi connectivity index (χ1) is 13.6. The summed E-state index contributed by atoms with van der Waals surface area (Å²) in [6.45, 7) is 0.345. The predicted octanol–water partition coefficient (Wildman–Crippen LogP) is 4.75. The lowest BCUT2D eigenvalue weighted by Gasteiger charge is -2.17. The number of halogens is 1. The Morgan fingerprint density at radius 2 is 1.89 bits per heavy atom. The Hall–Kier alpha value is -3.34. The van der Waals surface area contributed by atoms with E-state index >= 15 is 0 Å². The number of amides is 1. The Bertz CT molecular complexity index is 1080. The Kier molecular flexibility index (Phi) is 4.98. The minimum absolute atomic E-state index is 0.0846. The molecular weight excluding hydrogens is 355 g/mol. The molecule has 2 aromatic heterocycles. The van der Waals surface area contributed by atoms with Gasteiger partial charge in [-0.1, -0.05) is 30.3 Å². The molecule has 142 valence electrons. The zero-order chi connectivity index (χ0) is 19.5. The summed E-state index contributed by atoms with van der Waals surface area (Å²) in [5.41, 5.74) is 3.06. The smallest absolute Gasteiger partial charge is 0.221 e. The van der Waals surface area contributed by atoms with Gasteiger partial charge in [0.05, 0.1) is 12.8 Å². The molecule has 1 amide bonds. The van der Waals surface area contributed by atoms with E-state index in [1.165, 1.54) is 12.1 Å². The summed E-state index contributed by atoms with van der Waals surface area (Å²) in [5.74, 6) is 0.154. The average Bonchev–Trinajstić information content (AvgIpc) is 3.34. The van der Waals surface area contributed by atoms with Gasteiger partial charge in [-0.25, -0.2) is 4.39 Å². The fraction of sp³-hybridized carbons (Fsp3) is 0.174. The average molecular weight is 376 g/mol. The number of para-hydroxylation sites is 1. The van der Waals surface area contributed by atoms with Gasteiger partial charge >= 0.3 is 0 Å². The van der Waals surface area contributed by atoms with Gasteiger partial charge < -0.3 is 14.3 Å². The minimum atomic E-state index is -0.289. The number of hydrogen-bond acceptors (Lipinski definition) is 2. The van der Waals surface area contributed by atoms with E-state index in [0.29, 0.717) is 12.3 Å². The van der Waals surface area contributed by atoms with Crippen molar-refractivity contribution in [3.05, 3.63) is 95.8 Å². The van der Waals surface area contributed by atoms with Crippen molar-refractivity contribution in [3.63, 3.8) is 0 Å². The van der Waals surface area contributed by atoms with Crippen LogP contribution < -0.4 is 5.32 Å².